The van der Waals surface area contributed by atoms with Crippen LogP contribution in [0.1, 0.15) is 28.6 Å². The van der Waals surface area contributed by atoms with Gasteiger partial charge in [-0.05, 0) is 48.9 Å². The number of para-hydroxylation sites is 1. The topological polar surface area (TPSA) is 75.9 Å². The van der Waals surface area contributed by atoms with Crippen molar-refractivity contribution in [1.82, 2.24) is 0 Å². The molecule has 1 atom stereocenters. The first-order chi connectivity index (χ1) is 14.1. The summed E-state index contributed by atoms with van der Waals surface area (Å²) < 4.78 is 11.2. The molecule has 0 saturated carbocycles. The van der Waals surface area contributed by atoms with Crippen LogP contribution in [0, 0.1) is 6.92 Å². The highest BCUT2D eigenvalue weighted by atomic mass is 32.2. The predicted octanol–water partition coefficient (Wildman–Crippen LogP) is 5.76. The van der Waals surface area contributed by atoms with E-state index in [4.69, 9.17) is 13.8 Å². The number of furan rings is 1. The second-order valence-corrected chi connectivity index (χ2v) is 8.18. The van der Waals surface area contributed by atoms with Gasteiger partial charge in [-0.2, -0.15) is 0 Å². The summed E-state index contributed by atoms with van der Waals surface area (Å²) in [6.45, 7) is 1.85. The fraction of sp³-hybridized carbons (Fsp3) is 0.130. The maximum absolute atomic E-state index is 12.1. The first-order valence-electron chi connectivity index (χ1n) is 9.23. The van der Waals surface area contributed by atoms with E-state index in [1.54, 1.807) is 30.2 Å². The molecule has 5 nitrogen and oxygen atoms in total. The number of benzene rings is 2. The number of rotatable bonds is 2. The van der Waals surface area contributed by atoms with E-state index in [9.17, 15) is 9.90 Å². The van der Waals surface area contributed by atoms with Crippen LogP contribution < -0.4 is 5.63 Å². The molecule has 29 heavy (non-hydrogen) atoms. The third-order valence-electron chi connectivity index (χ3n) is 5.02. The van der Waals surface area contributed by atoms with Gasteiger partial charge in [0, 0.05) is 22.8 Å². The Bertz CT molecular complexity index is 1300. The lowest BCUT2D eigenvalue weighted by Crippen LogP contribution is -2.08. The lowest BCUT2D eigenvalue weighted by atomic mass is 9.99. The van der Waals surface area contributed by atoms with Gasteiger partial charge in [0.15, 0.2) is 5.58 Å². The van der Waals surface area contributed by atoms with Gasteiger partial charge in [-0.15, -0.1) is 11.8 Å². The van der Waals surface area contributed by atoms with Crippen LogP contribution in [-0.2, 0) is 0 Å². The van der Waals surface area contributed by atoms with Crippen LogP contribution in [0.2, 0.25) is 0 Å². The maximum atomic E-state index is 12.1. The first-order valence-corrected chi connectivity index (χ1v) is 10.1. The van der Waals surface area contributed by atoms with Gasteiger partial charge < -0.3 is 13.9 Å². The van der Waals surface area contributed by atoms with Crippen LogP contribution in [0.3, 0.4) is 0 Å². The lowest BCUT2D eigenvalue weighted by Gasteiger charge is -2.15. The molecular formula is C23H17NO4S. The molecule has 1 aliphatic heterocycles. The zero-order valence-corrected chi connectivity index (χ0v) is 16.4. The van der Waals surface area contributed by atoms with Gasteiger partial charge >= 0.3 is 5.63 Å². The molecule has 0 unspecified atom stereocenters. The van der Waals surface area contributed by atoms with Crippen molar-refractivity contribution in [3.63, 3.8) is 0 Å². The van der Waals surface area contributed by atoms with Crippen LogP contribution in [0.25, 0.3) is 11.0 Å². The fourth-order valence-electron chi connectivity index (χ4n) is 3.65. The van der Waals surface area contributed by atoms with Crippen molar-refractivity contribution in [1.29, 1.82) is 0 Å². The molecule has 0 bridgehead atoms. The van der Waals surface area contributed by atoms with E-state index in [-0.39, 0.29) is 11.0 Å². The van der Waals surface area contributed by atoms with Crippen molar-refractivity contribution in [2.45, 2.75) is 23.5 Å². The summed E-state index contributed by atoms with van der Waals surface area (Å²) >= 11 is 1.67. The van der Waals surface area contributed by atoms with E-state index in [2.05, 4.69) is 0 Å². The molecule has 4 aromatic rings. The quantitative estimate of drug-likeness (QED) is 0.431. The summed E-state index contributed by atoms with van der Waals surface area (Å²) in [5, 5.41) is 11.5. The summed E-state index contributed by atoms with van der Waals surface area (Å²) in [6.07, 6.45) is 2.17. The average Bonchev–Trinajstić information content (AvgIpc) is 3.16. The van der Waals surface area contributed by atoms with E-state index >= 15 is 0 Å². The number of hydrogen-bond donors (Lipinski definition) is 1. The summed E-state index contributed by atoms with van der Waals surface area (Å²) in [5.74, 6) is 0.865. The highest BCUT2D eigenvalue weighted by Gasteiger charge is 2.27. The molecular weight excluding hydrogens is 386 g/mol. The third-order valence-corrected chi connectivity index (χ3v) is 6.30. The number of aromatic hydroxyl groups is 1. The minimum Gasteiger partial charge on any atom is -0.507 e. The summed E-state index contributed by atoms with van der Waals surface area (Å²) in [6, 6.07) is 16.5. The Hall–Kier alpha value is -3.25. The Morgan fingerprint density at radius 2 is 2.00 bits per heavy atom. The van der Waals surface area contributed by atoms with Crippen molar-refractivity contribution in [2.75, 3.05) is 0 Å². The van der Waals surface area contributed by atoms with Gasteiger partial charge in [-0.25, -0.2) is 4.79 Å². The van der Waals surface area contributed by atoms with Crippen LogP contribution in [0.5, 0.6) is 5.75 Å². The Labute approximate surface area is 170 Å². The largest absolute Gasteiger partial charge is 0.507 e. The lowest BCUT2D eigenvalue weighted by molar-refractivity contribution is 0.471. The van der Waals surface area contributed by atoms with Gasteiger partial charge in [0.05, 0.1) is 28.5 Å². The smallest absolute Gasteiger partial charge is 0.336 e. The van der Waals surface area contributed by atoms with Crippen LogP contribution in [-0.4, -0.2) is 10.8 Å². The number of fused-ring (bicyclic) bond motifs is 2. The zero-order chi connectivity index (χ0) is 20.0. The standard InChI is InChI=1S/C23H17NO4S/c1-13-11-21(26)28-23-14(13)8-9-17(25)22(23)16-12-20(18-6-4-10-27-18)29-19-7-3-2-5-15(19)24-16/h2-11,20,25H,12H2,1H3/t20-/m1/s1. The van der Waals surface area contributed by atoms with Crippen LogP contribution in [0.4, 0.5) is 5.69 Å². The van der Waals surface area contributed by atoms with Gasteiger partial charge in [-0.3, -0.25) is 4.99 Å². The van der Waals surface area contributed by atoms with Crippen LogP contribution >= 0.6 is 11.8 Å². The third kappa shape index (κ3) is 3.15. The molecule has 0 fully saturated rings. The number of hydrogen-bond acceptors (Lipinski definition) is 6. The Morgan fingerprint density at radius 3 is 2.83 bits per heavy atom. The van der Waals surface area contributed by atoms with Crippen molar-refractivity contribution >= 4 is 34.1 Å². The Morgan fingerprint density at radius 1 is 1.14 bits per heavy atom. The minimum absolute atomic E-state index is 0.0291. The molecule has 2 aromatic carbocycles. The Kier molecular flexibility index (Phi) is 4.28. The number of phenols is 1. The van der Waals surface area contributed by atoms with E-state index in [0.717, 1.165) is 27.3 Å². The molecule has 5 rings (SSSR count). The Balaban J connectivity index is 1.77. The zero-order valence-electron chi connectivity index (χ0n) is 15.6. The second kappa shape index (κ2) is 6.97. The van der Waals surface area contributed by atoms with Crippen molar-refractivity contribution in [3.8, 4) is 5.75 Å². The highest BCUT2D eigenvalue weighted by Crippen LogP contribution is 2.46. The molecule has 0 aliphatic carbocycles. The molecule has 0 saturated heterocycles. The number of nitrogens with zero attached hydrogens (tertiary/aromatic N) is 1. The van der Waals surface area contributed by atoms with E-state index in [1.165, 1.54) is 6.07 Å². The summed E-state index contributed by atoms with van der Waals surface area (Å²) in [5.41, 5.74) is 2.62. The van der Waals surface area contributed by atoms with Gasteiger partial charge in [0.1, 0.15) is 11.5 Å². The molecule has 0 radical (unpaired) electrons. The summed E-state index contributed by atoms with van der Waals surface area (Å²) in [4.78, 5) is 18.0. The van der Waals surface area contributed by atoms with Gasteiger partial charge in [0.25, 0.3) is 0 Å². The predicted molar refractivity (Wildman–Crippen MR) is 113 cm³/mol. The van der Waals surface area contributed by atoms with Crippen molar-refractivity contribution < 1.29 is 13.9 Å². The monoisotopic (exact) mass is 403 g/mol. The number of phenolic OH excluding ortho intramolecular Hbond substituents is 1. The molecule has 6 heteroatoms. The van der Waals surface area contributed by atoms with Gasteiger partial charge in [0.2, 0.25) is 0 Å². The van der Waals surface area contributed by atoms with Crippen molar-refractivity contribution in [3.05, 3.63) is 88.2 Å². The van der Waals surface area contributed by atoms with E-state index in [1.807, 2.05) is 43.3 Å². The van der Waals surface area contributed by atoms with E-state index < -0.39 is 5.63 Å². The highest BCUT2D eigenvalue weighted by molar-refractivity contribution is 7.99. The van der Waals surface area contributed by atoms with Crippen molar-refractivity contribution in [2.24, 2.45) is 4.99 Å². The van der Waals surface area contributed by atoms with E-state index in [0.29, 0.717) is 23.3 Å². The summed E-state index contributed by atoms with van der Waals surface area (Å²) in [7, 11) is 0. The average molecular weight is 403 g/mol. The molecule has 3 heterocycles. The normalized spacial score (nSPS) is 16.3. The number of aryl methyl sites for hydroxylation is 1. The van der Waals surface area contributed by atoms with Gasteiger partial charge in [-0.1, -0.05) is 12.1 Å². The molecule has 1 aliphatic rings. The SMILES string of the molecule is Cc1cc(=O)oc2c(C3=Nc4ccccc4S[C@@H](c4ccco4)C3)c(O)ccc12. The number of aliphatic imine (C=N–C) groups is 1. The molecule has 1 N–H and O–H groups in total. The first kappa shape index (κ1) is 17.8. The van der Waals surface area contributed by atoms with Crippen LogP contribution in [0.15, 0.2) is 84.4 Å². The maximum Gasteiger partial charge on any atom is 0.336 e. The minimum atomic E-state index is -0.451. The second-order valence-electron chi connectivity index (χ2n) is 6.94. The molecule has 0 amide bonds. The molecule has 0 spiro atoms. The molecule has 2 aromatic heterocycles. The fourth-order valence-corrected chi connectivity index (χ4v) is 4.84. The molecule has 144 valence electrons. The number of thioether (sulfide) groups is 1.